The Bertz CT molecular complexity index is 640. The van der Waals surface area contributed by atoms with Crippen LogP contribution in [0.4, 0.5) is 4.39 Å². The van der Waals surface area contributed by atoms with Gasteiger partial charge in [0.2, 0.25) is 0 Å². The summed E-state index contributed by atoms with van der Waals surface area (Å²) in [6.07, 6.45) is -0.541. The van der Waals surface area contributed by atoms with Gasteiger partial charge in [0.15, 0.2) is 6.29 Å². The molecule has 0 heterocycles. The number of carbonyl (C=O) groups excluding carboxylic acids is 1. The molecule has 0 aliphatic heterocycles. The van der Waals surface area contributed by atoms with Gasteiger partial charge in [-0.2, -0.15) is 0 Å². The molecule has 0 aliphatic rings. The van der Waals surface area contributed by atoms with Crippen LogP contribution in [0.5, 0.6) is 0 Å². The second-order valence-electron chi connectivity index (χ2n) is 4.74. The number of methoxy groups -OCH3 is 2. The highest BCUT2D eigenvalue weighted by molar-refractivity contribution is 6.07. The van der Waals surface area contributed by atoms with Gasteiger partial charge in [-0.25, -0.2) is 4.39 Å². The average molecular weight is 291 g/mol. The van der Waals surface area contributed by atoms with Crippen molar-refractivity contribution in [1.82, 2.24) is 5.32 Å². The van der Waals surface area contributed by atoms with Crippen molar-refractivity contribution in [2.24, 2.45) is 0 Å². The summed E-state index contributed by atoms with van der Waals surface area (Å²) < 4.78 is 24.0. The second kappa shape index (κ2) is 6.65. The van der Waals surface area contributed by atoms with Crippen LogP contribution in [0.3, 0.4) is 0 Å². The number of carbonyl (C=O) groups is 1. The molecule has 21 heavy (non-hydrogen) atoms. The van der Waals surface area contributed by atoms with Crippen LogP contribution < -0.4 is 5.32 Å². The molecule has 1 amide bonds. The van der Waals surface area contributed by atoms with E-state index in [-0.39, 0.29) is 17.8 Å². The van der Waals surface area contributed by atoms with Crippen LogP contribution in [0.2, 0.25) is 0 Å². The summed E-state index contributed by atoms with van der Waals surface area (Å²) in [6, 6.07) is 9.33. The molecule has 1 atom stereocenters. The lowest BCUT2D eigenvalue weighted by Gasteiger charge is -2.22. The minimum atomic E-state index is -0.541. The van der Waals surface area contributed by atoms with Crippen LogP contribution in [0.25, 0.3) is 10.8 Å². The minimum Gasteiger partial charge on any atom is -0.354 e. The van der Waals surface area contributed by atoms with Gasteiger partial charge in [-0.05, 0) is 24.4 Å². The van der Waals surface area contributed by atoms with Crippen molar-refractivity contribution in [1.29, 1.82) is 0 Å². The Kier molecular flexibility index (Phi) is 4.88. The van der Waals surface area contributed by atoms with Gasteiger partial charge in [0.1, 0.15) is 5.82 Å². The summed E-state index contributed by atoms with van der Waals surface area (Å²) in [4.78, 5) is 12.4. The number of benzene rings is 2. The molecule has 0 spiro atoms. The smallest absolute Gasteiger partial charge is 0.252 e. The van der Waals surface area contributed by atoms with Gasteiger partial charge in [0.05, 0.1) is 6.04 Å². The van der Waals surface area contributed by atoms with E-state index < -0.39 is 6.29 Å². The zero-order valence-electron chi connectivity index (χ0n) is 12.2. The highest BCUT2D eigenvalue weighted by Gasteiger charge is 2.20. The number of hydrogen-bond acceptors (Lipinski definition) is 3. The summed E-state index contributed by atoms with van der Waals surface area (Å²) in [5, 5.41) is 3.80. The molecule has 112 valence electrons. The van der Waals surface area contributed by atoms with Crippen molar-refractivity contribution in [3.05, 3.63) is 47.8 Å². The van der Waals surface area contributed by atoms with Gasteiger partial charge < -0.3 is 14.8 Å². The van der Waals surface area contributed by atoms with Crippen molar-refractivity contribution in [2.75, 3.05) is 14.2 Å². The Labute approximate surface area is 122 Å². The molecular formula is C16H18FNO3. The van der Waals surface area contributed by atoms with E-state index in [0.717, 1.165) is 0 Å². The highest BCUT2D eigenvalue weighted by Crippen LogP contribution is 2.22. The van der Waals surface area contributed by atoms with Crippen molar-refractivity contribution in [3.8, 4) is 0 Å². The van der Waals surface area contributed by atoms with Crippen molar-refractivity contribution in [3.63, 3.8) is 0 Å². The quantitative estimate of drug-likeness (QED) is 0.862. The third-order valence-electron chi connectivity index (χ3n) is 3.35. The molecule has 0 aromatic heterocycles. The molecule has 0 bridgehead atoms. The van der Waals surface area contributed by atoms with Crippen LogP contribution in [0.1, 0.15) is 17.3 Å². The van der Waals surface area contributed by atoms with Gasteiger partial charge in [0, 0.05) is 25.2 Å². The van der Waals surface area contributed by atoms with E-state index in [2.05, 4.69) is 5.32 Å². The molecule has 2 aromatic carbocycles. The number of ether oxygens (including phenoxy) is 2. The van der Waals surface area contributed by atoms with E-state index in [1.165, 1.54) is 26.4 Å². The summed E-state index contributed by atoms with van der Waals surface area (Å²) in [7, 11) is 3.01. The first-order valence-corrected chi connectivity index (χ1v) is 6.62. The van der Waals surface area contributed by atoms with E-state index in [1.54, 1.807) is 31.2 Å². The first kappa shape index (κ1) is 15.4. The molecule has 0 radical (unpaired) electrons. The van der Waals surface area contributed by atoms with Gasteiger partial charge in [-0.15, -0.1) is 0 Å². The van der Waals surface area contributed by atoms with E-state index in [9.17, 15) is 9.18 Å². The summed E-state index contributed by atoms with van der Waals surface area (Å²) >= 11 is 0. The first-order chi connectivity index (χ1) is 10.1. The third kappa shape index (κ3) is 3.20. The Morgan fingerprint density at radius 1 is 1.10 bits per heavy atom. The average Bonchev–Trinajstić information content (AvgIpc) is 2.49. The molecule has 2 rings (SSSR count). The molecule has 1 unspecified atom stereocenters. The maximum atomic E-state index is 13.8. The molecule has 0 saturated carbocycles. The predicted molar refractivity (Wildman–Crippen MR) is 78.6 cm³/mol. The van der Waals surface area contributed by atoms with Crippen LogP contribution in [-0.2, 0) is 9.47 Å². The van der Waals surface area contributed by atoms with Gasteiger partial charge in [-0.3, -0.25) is 4.79 Å². The fourth-order valence-corrected chi connectivity index (χ4v) is 2.32. The zero-order chi connectivity index (χ0) is 15.4. The Morgan fingerprint density at radius 3 is 2.33 bits per heavy atom. The van der Waals surface area contributed by atoms with Crippen molar-refractivity contribution >= 4 is 16.7 Å². The number of amides is 1. The normalized spacial score (nSPS) is 12.6. The molecule has 5 heteroatoms. The van der Waals surface area contributed by atoms with Gasteiger partial charge >= 0.3 is 0 Å². The molecule has 0 saturated heterocycles. The lowest BCUT2D eigenvalue weighted by molar-refractivity contribution is -0.117. The Morgan fingerprint density at radius 2 is 1.71 bits per heavy atom. The Balaban J connectivity index is 2.30. The monoisotopic (exact) mass is 291 g/mol. The second-order valence-corrected chi connectivity index (χ2v) is 4.74. The standard InChI is InChI=1S/C16H18FNO3/c1-10(16(20-2)21-3)18-15(19)13-8-9-14(17)12-7-5-4-6-11(12)13/h4-10,16H,1-3H3,(H,18,19). The largest absolute Gasteiger partial charge is 0.354 e. The Hall–Kier alpha value is -1.98. The molecule has 2 aromatic rings. The molecule has 1 N–H and O–H groups in total. The highest BCUT2D eigenvalue weighted by atomic mass is 19.1. The predicted octanol–water partition coefficient (Wildman–Crippen LogP) is 2.72. The number of rotatable bonds is 5. The van der Waals surface area contributed by atoms with Crippen LogP contribution in [0.15, 0.2) is 36.4 Å². The van der Waals surface area contributed by atoms with Crippen LogP contribution >= 0.6 is 0 Å². The summed E-state index contributed by atoms with van der Waals surface area (Å²) in [6.45, 7) is 1.78. The molecular weight excluding hydrogens is 273 g/mol. The topological polar surface area (TPSA) is 47.6 Å². The SMILES string of the molecule is COC(OC)C(C)NC(=O)c1ccc(F)c2ccccc12. The minimum absolute atomic E-state index is 0.294. The van der Waals surface area contributed by atoms with Crippen molar-refractivity contribution in [2.45, 2.75) is 19.3 Å². The summed E-state index contributed by atoms with van der Waals surface area (Å²) in [5.74, 6) is -0.639. The third-order valence-corrected chi connectivity index (χ3v) is 3.35. The molecule has 0 aliphatic carbocycles. The molecule has 0 fully saturated rings. The fraction of sp³-hybridized carbons (Fsp3) is 0.312. The lowest BCUT2D eigenvalue weighted by atomic mass is 10.0. The lowest BCUT2D eigenvalue weighted by Crippen LogP contribution is -2.43. The fourth-order valence-electron chi connectivity index (χ4n) is 2.32. The van der Waals surface area contributed by atoms with E-state index in [4.69, 9.17) is 9.47 Å². The van der Waals surface area contributed by atoms with E-state index >= 15 is 0 Å². The van der Waals surface area contributed by atoms with Crippen molar-refractivity contribution < 1.29 is 18.7 Å². The van der Waals surface area contributed by atoms with E-state index in [0.29, 0.717) is 16.3 Å². The maximum Gasteiger partial charge on any atom is 0.252 e. The summed E-state index contributed by atoms with van der Waals surface area (Å²) in [5.41, 5.74) is 0.421. The maximum absolute atomic E-state index is 13.8. The molecule has 4 nitrogen and oxygen atoms in total. The number of hydrogen-bond donors (Lipinski definition) is 1. The zero-order valence-corrected chi connectivity index (χ0v) is 12.2. The van der Waals surface area contributed by atoms with Gasteiger partial charge in [-0.1, -0.05) is 24.3 Å². The van der Waals surface area contributed by atoms with E-state index in [1.807, 2.05) is 0 Å². The number of fused-ring (bicyclic) bond motifs is 1. The van der Waals surface area contributed by atoms with Crippen LogP contribution in [-0.4, -0.2) is 32.5 Å². The first-order valence-electron chi connectivity index (χ1n) is 6.62. The van der Waals surface area contributed by atoms with Gasteiger partial charge in [0.25, 0.3) is 5.91 Å². The van der Waals surface area contributed by atoms with Crippen LogP contribution in [0, 0.1) is 5.82 Å². The number of halogens is 1. The number of nitrogens with one attached hydrogen (secondary N) is 1.